The van der Waals surface area contributed by atoms with Crippen LogP contribution in [0.25, 0.3) is 11.3 Å². The SMILES string of the molecule is N=c1oc(-c2cccc(Cl)c2Cl)cs1. The second-order valence-corrected chi connectivity index (χ2v) is 4.22. The predicted octanol–water partition coefficient (Wildman–Crippen LogP) is 3.79. The Hall–Kier alpha value is -0.770. The monoisotopic (exact) mass is 245 g/mol. The highest BCUT2D eigenvalue weighted by atomic mass is 35.5. The molecule has 0 aliphatic rings. The molecule has 1 aromatic carbocycles. The summed E-state index contributed by atoms with van der Waals surface area (Å²) < 4.78 is 5.15. The van der Waals surface area contributed by atoms with Crippen molar-refractivity contribution in [3.63, 3.8) is 0 Å². The van der Waals surface area contributed by atoms with Gasteiger partial charge in [0, 0.05) is 10.9 Å². The van der Waals surface area contributed by atoms with Crippen molar-refractivity contribution in [2.24, 2.45) is 0 Å². The largest absolute Gasteiger partial charge is 0.430 e. The van der Waals surface area contributed by atoms with Gasteiger partial charge >= 0.3 is 0 Å². The molecule has 0 amide bonds. The molecule has 1 heterocycles. The Balaban J connectivity index is 2.62. The molecule has 2 aromatic rings. The molecule has 2 nitrogen and oxygen atoms in total. The molecule has 0 aliphatic carbocycles. The van der Waals surface area contributed by atoms with Crippen LogP contribution in [0.15, 0.2) is 28.0 Å². The summed E-state index contributed by atoms with van der Waals surface area (Å²) in [5.41, 5.74) is 0.717. The van der Waals surface area contributed by atoms with Crippen molar-refractivity contribution in [2.75, 3.05) is 0 Å². The average Bonchev–Trinajstić information content (AvgIpc) is 2.57. The van der Waals surface area contributed by atoms with E-state index in [9.17, 15) is 0 Å². The quantitative estimate of drug-likeness (QED) is 0.816. The van der Waals surface area contributed by atoms with Gasteiger partial charge < -0.3 is 4.42 Å². The zero-order chi connectivity index (χ0) is 10.1. The van der Waals surface area contributed by atoms with Crippen LogP contribution in [-0.4, -0.2) is 0 Å². The summed E-state index contributed by atoms with van der Waals surface area (Å²) in [6.07, 6.45) is 0. The molecule has 0 aliphatic heterocycles. The van der Waals surface area contributed by atoms with Crippen LogP contribution >= 0.6 is 34.5 Å². The first-order valence-corrected chi connectivity index (χ1v) is 5.39. The summed E-state index contributed by atoms with van der Waals surface area (Å²) in [6, 6.07) is 5.31. The smallest absolute Gasteiger partial charge is 0.271 e. The molecule has 14 heavy (non-hydrogen) atoms. The topological polar surface area (TPSA) is 37.0 Å². The van der Waals surface area contributed by atoms with Gasteiger partial charge in [0.1, 0.15) is 5.76 Å². The molecule has 72 valence electrons. The van der Waals surface area contributed by atoms with Gasteiger partial charge in [-0.3, -0.25) is 5.41 Å². The maximum atomic E-state index is 7.27. The lowest BCUT2D eigenvalue weighted by Crippen LogP contribution is -1.83. The van der Waals surface area contributed by atoms with Crippen LogP contribution in [-0.2, 0) is 0 Å². The Morgan fingerprint density at radius 1 is 1.29 bits per heavy atom. The molecule has 0 bridgehead atoms. The Morgan fingerprint density at radius 2 is 2.07 bits per heavy atom. The Morgan fingerprint density at radius 3 is 2.71 bits per heavy atom. The minimum atomic E-state index is 0.149. The fraction of sp³-hybridized carbons (Fsp3) is 0. The fourth-order valence-corrected chi connectivity index (χ4v) is 1.99. The van der Waals surface area contributed by atoms with E-state index >= 15 is 0 Å². The van der Waals surface area contributed by atoms with Crippen molar-refractivity contribution in [1.29, 1.82) is 5.41 Å². The summed E-state index contributed by atoms with van der Waals surface area (Å²) in [7, 11) is 0. The fourth-order valence-electron chi connectivity index (χ4n) is 1.07. The zero-order valence-corrected chi connectivity index (χ0v) is 9.21. The number of benzene rings is 1. The second-order valence-electron chi connectivity index (χ2n) is 2.59. The van der Waals surface area contributed by atoms with E-state index in [4.69, 9.17) is 33.0 Å². The van der Waals surface area contributed by atoms with Crippen LogP contribution in [0.4, 0.5) is 0 Å². The van der Waals surface area contributed by atoms with E-state index in [0.717, 1.165) is 0 Å². The highest BCUT2D eigenvalue weighted by Gasteiger charge is 2.09. The van der Waals surface area contributed by atoms with Crippen molar-refractivity contribution in [2.45, 2.75) is 0 Å². The first kappa shape index (κ1) is 9.77. The lowest BCUT2D eigenvalue weighted by atomic mass is 10.2. The second kappa shape index (κ2) is 3.77. The lowest BCUT2D eigenvalue weighted by Gasteiger charge is -2.00. The van der Waals surface area contributed by atoms with Crippen LogP contribution < -0.4 is 4.87 Å². The van der Waals surface area contributed by atoms with Gasteiger partial charge in [-0.15, -0.1) is 0 Å². The molecule has 0 saturated carbocycles. The van der Waals surface area contributed by atoms with Crippen LogP contribution in [0, 0.1) is 5.41 Å². The van der Waals surface area contributed by atoms with Gasteiger partial charge in [-0.2, -0.15) is 0 Å². The van der Waals surface area contributed by atoms with Crippen LogP contribution in [0.2, 0.25) is 10.0 Å². The predicted molar refractivity (Wildman–Crippen MR) is 57.9 cm³/mol. The normalized spacial score (nSPS) is 10.4. The molecule has 0 unspecified atom stereocenters. The standard InChI is InChI=1S/C9H5Cl2NOS/c10-6-3-1-2-5(8(6)11)7-4-14-9(12)13-7/h1-4,12H. The van der Waals surface area contributed by atoms with Crippen molar-refractivity contribution in [3.8, 4) is 11.3 Å². The summed E-state index contributed by atoms with van der Waals surface area (Å²) in [6.45, 7) is 0. The van der Waals surface area contributed by atoms with Crippen molar-refractivity contribution < 1.29 is 4.42 Å². The summed E-state index contributed by atoms with van der Waals surface area (Å²) >= 11 is 13.1. The van der Waals surface area contributed by atoms with Gasteiger partial charge in [0.2, 0.25) is 0 Å². The molecule has 0 radical (unpaired) electrons. The van der Waals surface area contributed by atoms with E-state index in [1.807, 2.05) is 0 Å². The number of nitrogens with one attached hydrogen (secondary N) is 1. The van der Waals surface area contributed by atoms with Gasteiger partial charge in [0.15, 0.2) is 0 Å². The van der Waals surface area contributed by atoms with E-state index in [0.29, 0.717) is 21.4 Å². The minimum Gasteiger partial charge on any atom is -0.430 e. The molecule has 0 saturated heterocycles. The van der Waals surface area contributed by atoms with E-state index in [1.165, 1.54) is 11.3 Å². The molecule has 0 atom stereocenters. The molecule has 1 aromatic heterocycles. The lowest BCUT2D eigenvalue weighted by molar-refractivity contribution is 0.529. The van der Waals surface area contributed by atoms with Gasteiger partial charge in [0.25, 0.3) is 4.87 Å². The molecular weight excluding hydrogens is 241 g/mol. The summed E-state index contributed by atoms with van der Waals surface area (Å²) in [5, 5.41) is 9.94. The Kier molecular flexibility index (Phi) is 2.63. The summed E-state index contributed by atoms with van der Waals surface area (Å²) in [4.78, 5) is 0.149. The van der Waals surface area contributed by atoms with Crippen molar-refractivity contribution >= 4 is 34.5 Å². The highest BCUT2D eigenvalue weighted by molar-refractivity contribution is 7.07. The molecule has 0 spiro atoms. The third-order valence-electron chi connectivity index (χ3n) is 1.69. The number of hydrogen-bond acceptors (Lipinski definition) is 3. The van der Waals surface area contributed by atoms with E-state index in [-0.39, 0.29) is 4.87 Å². The van der Waals surface area contributed by atoms with Gasteiger partial charge in [-0.25, -0.2) is 0 Å². The molecule has 2 rings (SSSR count). The maximum Gasteiger partial charge on any atom is 0.271 e. The average molecular weight is 246 g/mol. The van der Waals surface area contributed by atoms with E-state index in [2.05, 4.69) is 0 Å². The van der Waals surface area contributed by atoms with Gasteiger partial charge in [-0.05, 0) is 12.1 Å². The Labute approximate surface area is 94.2 Å². The molecule has 5 heteroatoms. The third kappa shape index (κ3) is 1.71. The highest BCUT2D eigenvalue weighted by Crippen LogP contribution is 2.33. The number of halogens is 2. The van der Waals surface area contributed by atoms with Crippen LogP contribution in [0.3, 0.4) is 0 Å². The van der Waals surface area contributed by atoms with Gasteiger partial charge in [-0.1, -0.05) is 40.6 Å². The number of hydrogen-bond donors (Lipinski definition) is 1. The third-order valence-corrected chi connectivity index (χ3v) is 3.14. The molecule has 1 N–H and O–H groups in total. The first-order valence-electron chi connectivity index (χ1n) is 3.76. The minimum absolute atomic E-state index is 0.149. The van der Waals surface area contributed by atoms with E-state index in [1.54, 1.807) is 23.6 Å². The zero-order valence-electron chi connectivity index (χ0n) is 6.88. The van der Waals surface area contributed by atoms with E-state index < -0.39 is 0 Å². The van der Waals surface area contributed by atoms with Crippen LogP contribution in [0.5, 0.6) is 0 Å². The number of rotatable bonds is 1. The summed E-state index contributed by atoms with van der Waals surface area (Å²) in [5.74, 6) is 0.576. The Bertz CT molecular complexity index is 518. The van der Waals surface area contributed by atoms with Crippen molar-refractivity contribution in [3.05, 3.63) is 38.5 Å². The molecular formula is C9H5Cl2NOS. The first-order chi connectivity index (χ1) is 6.68. The maximum absolute atomic E-state index is 7.27. The van der Waals surface area contributed by atoms with Crippen molar-refractivity contribution in [1.82, 2.24) is 0 Å². The molecule has 0 fully saturated rings. The van der Waals surface area contributed by atoms with Crippen LogP contribution in [0.1, 0.15) is 0 Å². The van der Waals surface area contributed by atoms with Gasteiger partial charge in [0.05, 0.1) is 10.0 Å².